The molecule has 0 nitrogen and oxygen atoms in total. The predicted molar refractivity (Wildman–Crippen MR) is 240 cm³/mol. The van der Waals surface area contributed by atoms with Crippen molar-refractivity contribution in [2.24, 2.45) is 0 Å². The van der Waals surface area contributed by atoms with Gasteiger partial charge in [0.05, 0.1) is 0 Å². The van der Waals surface area contributed by atoms with Crippen molar-refractivity contribution in [2.45, 2.75) is 217 Å². The van der Waals surface area contributed by atoms with Crippen LogP contribution in [-0.4, -0.2) is 0 Å². The van der Waals surface area contributed by atoms with Crippen LogP contribution in [0.3, 0.4) is 0 Å². The molecule has 0 saturated heterocycles. The van der Waals surface area contributed by atoms with Crippen LogP contribution in [0.4, 0.5) is 0 Å². The first-order valence-electron chi connectivity index (χ1n) is 23.5. The third-order valence-electron chi connectivity index (χ3n) is 14.4. The number of hydrogen-bond donors (Lipinski definition) is 0. The van der Waals surface area contributed by atoms with Crippen molar-refractivity contribution < 1.29 is 40.5 Å². The number of allylic oxidation sites excluding steroid dienone is 2. The average molecular weight is 894 g/mol. The van der Waals surface area contributed by atoms with Crippen LogP contribution < -0.4 is 0 Å². The van der Waals surface area contributed by atoms with E-state index < -0.39 is 40.5 Å². The van der Waals surface area contributed by atoms with Crippen molar-refractivity contribution in [3.8, 4) is 0 Å². The quantitative estimate of drug-likeness (QED) is 0.104. The van der Waals surface area contributed by atoms with Gasteiger partial charge >= 0.3 is 349 Å². The Labute approximate surface area is 346 Å². The van der Waals surface area contributed by atoms with Crippen LogP contribution in [0.2, 0.25) is 24.8 Å². The van der Waals surface area contributed by atoms with Gasteiger partial charge in [-0.25, -0.2) is 0 Å². The normalized spacial score (nSPS) is 17.3. The molecule has 4 rings (SSSR count). The van der Waals surface area contributed by atoms with Crippen LogP contribution in [0, 0.1) is 0 Å². The molecule has 0 heterocycles. The SMILES string of the molecule is CCC[CH2][Zr]([CH2]CCC)([CH2][CH2][Zr]([CH2]CCC)([CH2]CCC)[CH]1C(CC)=Cc2c(C(C)C)cc(C(C)C)cc21)[CH]1C(CC)=Cc2c(C(C)C)cc(C(C)C)cc21. The molecular formula is C52H86Zr2. The fraction of sp³-hybridized carbons (Fsp3) is 0.692. The molecule has 2 aliphatic carbocycles. The molecule has 0 aromatic heterocycles. The molecule has 0 N–H and O–H groups in total. The standard InChI is InChI=1S/2C17H23.4C4H9.C2H4.2Zr/c2*1-6-13-7-15-9-14(11(2)3)10-16(12(4)5)17(15)8-13;4*1-3-4-2;1-2;;/h2*7-12H,6H2,1-5H3;4*1,3-4H2,2H3;1-2H2;;. The Morgan fingerprint density at radius 3 is 0.981 bits per heavy atom. The van der Waals surface area contributed by atoms with E-state index in [2.05, 4.69) is 133 Å². The van der Waals surface area contributed by atoms with E-state index in [-0.39, 0.29) is 0 Å². The second kappa shape index (κ2) is 21.1. The van der Waals surface area contributed by atoms with Gasteiger partial charge < -0.3 is 0 Å². The van der Waals surface area contributed by atoms with E-state index in [1.165, 1.54) is 64.2 Å². The number of hydrogen-bond acceptors (Lipinski definition) is 0. The van der Waals surface area contributed by atoms with E-state index in [9.17, 15) is 0 Å². The van der Waals surface area contributed by atoms with Gasteiger partial charge in [0.15, 0.2) is 0 Å². The van der Waals surface area contributed by atoms with Gasteiger partial charge in [-0.05, 0) is 0 Å². The van der Waals surface area contributed by atoms with Crippen molar-refractivity contribution in [2.75, 3.05) is 0 Å². The Morgan fingerprint density at radius 1 is 0.426 bits per heavy atom. The van der Waals surface area contributed by atoms with Crippen LogP contribution in [0.1, 0.15) is 237 Å². The Bertz CT molecular complexity index is 1430. The monoisotopic (exact) mass is 890 g/mol. The van der Waals surface area contributed by atoms with Crippen LogP contribution in [0.15, 0.2) is 35.4 Å². The predicted octanol–water partition coefficient (Wildman–Crippen LogP) is 18.6. The zero-order valence-electron chi connectivity index (χ0n) is 38.2. The molecule has 0 spiro atoms. The summed E-state index contributed by atoms with van der Waals surface area (Å²) in [5.74, 6) is 2.30. The van der Waals surface area contributed by atoms with E-state index in [0.29, 0.717) is 23.7 Å². The Morgan fingerprint density at radius 2 is 0.741 bits per heavy atom. The summed E-state index contributed by atoms with van der Waals surface area (Å²) in [6.07, 6.45) is 19.3. The summed E-state index contributed by atoms with van der Waals surface area (Å²) in [6, 6.07) is 10.8. The molecule has 0 aliphatic heterocycles. The molecule has 2 unspecified atom stereocenters. The summed E-state index contributed by atoms with van der Waals surface area (Å²) < 4.78 is 11.3. The number of fused-ring (bicyclic) bond motifs is 2. The van der Waals surface area contributed by atoms with E-state index in [0.717, 1.165) is 7.25 Å². The van der Waals surface area contributed by atoms with Gasteiger partial charge in [0.1, 0.15) is 0 Å². The maximum atomic E-state index is 2.78. The molecule has 0 radical (unpaired) electrons. The molecular weight excluding hydrogens is 807 g/mol. The average Bonchev–Trinajstić information content (AvgIpc) is 3.73. The summed E-state index contributed by atoms with van der Waals surface area (Å²) in [5, 5.41) is 0. The fourth-order valence-electron chi connectivity index (χ4n) is 11.1. The van der Waals surface area contributed by atoms with E-state index in [4.69, 9.17) is 0 Å². The van der Waals surface area contributed by atoms with Crippen molar-refractivity contribution in [3.05, 3.63) is 79.9 Å². The second-order valence-corrected chi connectivity index (χ2v) is 43.1. The number of unbranched alkanes of at least 4 members (excludes halogenated alkanes) is 4. The molecule has 0 bridgehead atoms. The van der Waals surface area contributed by atoms with E-state index >= 15 is 0 Å². The van der Waals surface area contributed by atoms with Gasteiger partial charge in [0.25, 0.3) is 0 Å². The molecule has 2 aliphatic rings. The summed E-state index contributed by atoms with van der Waals surface area (Å²) in [5.41, 5.74) is 17.1. The molecule has 2 heteroatoms. The van der Waals surface area contributed by atoms with Gasteiger partial charge in [-0.15, -0.1) is 0 Å². The first kappa shape index (κ1) is 46.4. The van der Waals surface area contributed by atoms with Gasteiger partial charge in [0.2, 0.25) is 0 Å². The van der Waals surface area contributed by atoms with Crippen molar-refractivity contribution >= 4 is 12.2 Å². The zero-order valence-corrected chi connectivity index (χ0v) is 43.2. The van der Waals surface area contributed by atoms with Crippen LogP contribution in [0.5, 0.6) is 0 Å². The van der Waals surface area contributed by atoms with E-state index in [1.54, 1.807) is 58.2 Å². The topological polar surface area (TPSA) is 0 Å². The van der Waals surface area contributed by atoms with Crippen molar-refractivity contribution in [1.82, 2.24) is 0 Å². The number of benzene rings is 2. The molecule has 302 valence electrons. The van der Waals surface area contributed by atoms with Gasteiger partial charge in [-0.2, -0.15) is 0 Å². The first-order chi connectivity index (χ1) is 25.8. The maximum absolute atomic E-state index is 2.91. The third kappa shape index (κ3) is 10.1. The van der Waals surface area contributed by atoms with Crippen LogP contribution >= 0.6 is 0 Å². The number of rotatable bonds is 23. The van der Waals surface area contributed by atoms with Crippen molar-refractivity contribution in [3.63, 3.8) is 0 Å². The minimum absolute atomic E-state index is 0.571. The Kier molecular flexibility index (Phi) is 18.1. The second-order valence-electron chi connectivity index (χ2n) is 19.5. The summed E-state index contributed by atoms with van der Waals surface area (Å²) in [4.78, 5) is 0. The van der Waals surface area contributed by atoms with Crippen molar-refractivity contribution in [1.29, 1.82) is 0 Å². The molecule has 0 fully saturated rings. The third-order valence-corrected chi connectivity index (χ3v) is 46.2. The molecule has 2 aromatic rings. The Balaban J connectivity index is 1.99. The van der Waals surface area contributed by atoms with Gasteiger partial charge in [-0.1, -0.05) is 0 Å². The Hall–Kier alpha value is -0.314. The zero-order chi connectivity index (χ0) is 39.8. The molecule has 54 heavy (non-hydrogen) atoms. The molecule has 2 aromatic carbocycles. The summed E-state index contributed by atoms with van der Waals surface area (Å²) in [6.45, 7) is 34.5. The van der Waals surface area contributed by atoms with Crippen LogP contribution in [0.25, 0.3) is 12.2 Å². The van der Waals surface area contributed by atoms with Gasteiger partial charge in [-0.3, -0.25) is 0 Å². The first-order valence-corrected chi connectivity index (χ1v) is 36.8. The molecule has 0 saturated carbocycles. The fourth-order valence-corrected chi connectivity index (χ4v) is 56.1. The summed E-state index contributed by atoms with van der Waals surface area (Å²) >= 11 is -5.82. The van der Waals surface area contributed by atoms with E-state index in [1.807, 2.05) is 22.3 Å². The van der Waals surface area contributed by atoms with Crippen LogP contribution in [-0.2, 0) is 40.5 Å². The summed E-state index contributed by atoms with van der Waals surface area (Å²) in [7, 11) is 0. The molecule has 2 atom stereocenters. The molecule has 0 amide bonds. The van der Waals surface area contributed by atoms with Gasteiger partial charge in [0, 0.05) is 0 Å². The minimum atomic E-state index is -2.91.